The van der Waals surface area contributed by atoms with E-state index in [1.165, 1.54) is 0 Å². The maximum Gasteiger partial charge on any atom is 0.289 e. The molecule has 106 valence electrons. The summed E-state index contributed by atoms with van der Waals surface area (Å²) in [6, 6.07) is 11.0. The summed E-state index contributed by atoms with van der Waals surface area (Å²) < 4.78 is 5.89. The molecule has 5 heteroatoms. The van der Waals surface area contributed by atoms with Crippen LogP contribution in [-0.4, -0.2) is 17.4 Å². The van der Waals surface area contributed by atoms with Gasteiger partial charge in [-0.3, -0.25) is 4.79 Å². The van der Waals surface area contributed by atoms with Crippen molar-refractivity contribution < 1.29 is 9.21 Å². The molecule has 0 fully saturated rings. The number of furan rings is 1. The first kappa shape index (κ1) is 14.7. The van der Waals surface area contributed by atoms with Crippen molar-refractivity contribution in [3.8, 4) is 0 Å². The van der Waals surface area contributed by atoms with Gasteiger partial charge in [-0.05, 0) is 46.1 Å². The summed E-state index contributed by atoms with van der Waals surface area (Å²) in [7, 11) is 0. The van der Waals surface area contributed by atoms with Gasteiger partial charge in [-0.2, -0.15) is 0 Å². The first-order valence-electron chi connectivity index (χ1n) is 6.49. The average molecular weight is 337 g/mol. The number of nitrogen functional groups attached to an aromatic ring is 1. The molecule has 0 atom stereocenters. The van der Waals surface area contributed by atoms with Gasteiger partial charge in [0, 0.05) is 18.8 Å². The van der Waals surface area contributed by atoms with E-state index in [9.17, 15) is 4.79 Å². The summed E-state index contributed by atoms with van der Waals surface area (Å²) in [5.74, 6) is 0.209. The number of amides is 1. The van der Waals surface area contributed by atoms with Crippen molar-refractivity contribution in [2.45, 2.75) is 19.9 Å². The second-order valence-corrected chi connectivity index (χ2v) is 5.31. The van der Waals surface area contributed by atoms with Gasteiger partial charge in [0.05, 0.1) is 0 Å². The second kappa shape index (κ2) is 6.61. The van der Waals surface area contributed by atoms with Gasteiger partial charge in [0.15, 0.2) is 10.4 Å². The van der Waals surface area contributed by atoms with E-state index in [2.05, 4.69) is 15.9 Å². The lowest BCUT2D eigenvalue weighted by Gasteiger charge is -2.21. The molecule has 20 heavy (non-hydrogen) atoms. The second-order valence-electron chi connectivity index (χ2n) is 4.53. The van der Waals surface area contributed by atoms with Crippen molar-refractivity contribution in [1.29, 1.82) is 0 Å². The van der Waals surface area contributed by atoms with Gasteiger partial charge in [-0.15, -0.1) is 0 Å². The molecule has 2 rings (SSSR count). The zero-order valence-electron chi connectivity index (χ0n) is 11.3. The molecule has 4 nitrogen and oxygen atoms in total. The lowest BCUT2D eigenvalue weighted by molar-refractivity contribution is 0.0710. The number of rotatable bonds is 5. The smallest absolute Gasteiger partial charge is 0.289 e. The Bertz CT molecular complexity index is 595. The molecule has 0 aliphatic heterocycles. The molecule has 0 saturated carbocycles. The summed E-state index contributed by atoms with van der Waals surface area (Å²) in [6.45, 7) is 3.18. The van der Waals surface area contributed by atoms with Gasteiger partial charge in [0.1, 0.15) is 0 Å². The third kappa shape index (κ3) is 3.42. The highest BCUT2D eigenvalue weighted by molar-refractivity contribution is 9.10. The topological polar surface area (TPSA) is 59.5 Å². The average Bonchev–Trinajstić information content (AvgIpc) is 2.86. The zero-order valence-corrected chi connectivity index (χ0v) is 12.9. The van der Waals surface area contributed by atoms with Crippen molar-refractivity contribution in [3.63, 3.8) is 0 Å². The van der Waals surface area contributed by atoms with E-state index in [1.54, 1.807) is 17.0 Å². The van der Waals surface area contributed by atoms with Crippen molar-refractivity contribution in [1.82, 2.24) is 4.90 Å². The van der Waals surface area contributed by atoms with Gasteiger partial charge in [0.25, 0.3) is 5.91 Å². The molecule has 1 amide bonds. The molecule has 0 radical (unpaired) electrons. The normalized spacial score (nSPS) is 10.5. The molecule has 0 saturated heterocycles. The van der Waals surface area contributed by atoms with E-state index in [0.29, 0.717) is 29.2 Å². The van der Waals surface area contributed by atoms with Gasteiger partial charge < -0.3 is 15.1 Å². The number of halogens is 1. The van der Waals surface area contributed by atoms with Crippen LogP contribution in [0, 0.1) is 0 Å². The van der Waals surface area contributed by atoms with E-state index < -0.39 is 0 Å². The molecule has 1 aromatic heterocycles. The van der Waals surface area contributed by atoms with Crippen LogP contribution in [0.2, 0.25) is 0 Å². The first-order valence-corrected chi connectivity index (χ1v) is 7.29. The van der Waals surface area contributed by atoms with Crippen LogP contribution in [0.4, 0.5) is 5.69 Å². The number of hydrogen-bond acceptors (Lipinski definition) is 3. The number of hydrogen-bond donors (Lipinski definition) is 1. The van der Waals surface area contributed by atoms with E-state index in [4.69, 9.17) is 10.2 Å². The molecule has 1 aromatic carbocycles. The quantitative estimate of drug-likeness (QED) is 0.847. The van der Waals surface area contributed by atoms with E-state index in [0.717, 1.165) is 12.0 Å². The minimum absolute atomic E-state index is 0.124. The molecule has 2 N–H and O–H groups in total. The number of carbonyl (C=O) groups is 1. The summed E-state index contributed by atoms with van der Waals surface area (Å²) in [4.78, 5) is 14.2. The molecule has 0 aliphatic rings. The fraction of sp³-hybridized carbons (Fsp3) is 0.267. The maximum atomic E-state index is 12.4. The summed E-state index contributed by atoms with van der Waals surface area (Å²) >= 11 is 3.21. The third-order valence-corrected chi connectivity index (χ3v) is 3.41. The molecule has 2 aromatic rings. The Hall–Kier alpha value is -1.75. The highest BCUT2D eigenvalue weighted by Crippen LogP contribution is 2.19. The maximum absolute atomic E-state index is 12.4. The van der Waals surface area contributed by atoms with Gasteiger partial charge in [-0.1, -0.05) is 25.1 Å². The highest BCUT2D eigenvalue weighted by atomic mass is 79.9. The number of nitrogens with two attached hydrogens (primary N) is 1. The van der Waals surface area contributed by atoms with Crippen LogP contribution in [0.1, 0.15) is 29.5 Å². The highest BCUT2D eigenvalue weighted by Gasteiger charge is 2.19. The van der Waals surface area contributed by atoms with Crippen LogP contribution in [0.3, 0.4) is 0 Å². The lowest BCUT2D eigenvalue weighted by Crippen LogP contribution is -2.31. The zero-order chi connectivity index (χ0) is 14.5. The Morgan fingerprint density at radius 1 is 1.30 bits per heavy atom. The molecular formula is C15H17BrN2O2. The van der Waals surface area contributed by atoms with Gasteiger partial charge in [-0.25, -0.2) is 0 Å². The van der Waals surface area contributed by atoms with Crippen molar-refractivity contribution in [2.24, 2.45) is 0 Å². The Morgan fingerprint density at radius 2 is 2.05 bits per heavy atom. The molecule has 0 bridgehead atoms. The molecule has 0 aliphatic carbocycles. The standard InChI is InChI=1S/C15H17BrN2O2/c1-2-9-18(10-11-5-3-4-6-12(11)17)15(19)13-7-8-14(16)20-13/h3-8H,2,9-10,17H2,1H3. The summed E-state index contributed by atoms with van der Waals surface area (Å²) in [5.41, 5.74) is 7.58. The first-order chi connectivity index (χ1) is 9.61. The molecular weight excluding hydrogens is 320 g/mol. The van der Waals surface area contributed by atoms with E-state index in [-0.39, 0.29) is 5.91 Å². The van der Waals surface area contributed by atoms with Gasteiger partial charge in [0.2, 0.25) is 0 Å². The monoisotopic (exact) mass is 336 g/mol. The van der Waals surface area contributed by atoms with Crippen LogP contribution < -0.4 is 5.73 Å². The predicted molar refractivity (Wildman–Crippen MR) is 82.3 cm³/mol. The molecule has 1 heterocycles. The van der Waals surface area contributed by atoms with Gasteiger partial charge >= 0.3 is 0 Å². The summed E-state index contributed by atoms with van der Waals surface area (Å²) in [5, 5.41) is 0. The molecule has 0 spiro atoms. The van der Waals surface area contributed by atoms with Crippen LogP contribution in [-0.2, 0) is 6.54 Å². The van der Waals surface area contributed by atoms with Crippen LogP contribution >= 0.6 is 15.9 Å². The third-order valence-electron chi connectivity index (χ3n) is 2.98. The largest absolute Gasteiger partial charge is 0.444 e. The number of anilines is 1. The number of para-hydroxylation sites is 1. The minimum Gasteiger partial charge on any atom is -0.444 e. The SMILES string of the molecule is CCCN(Cc1ccccc1N)C(=O)c1ccc(Br)o1. The lowest BCUT2D eigenvalue weighted by atomic mass is 10.1. The van der Waals surface area contributed by atoms with Crippen LogP contribution in [0.15, 0.2) is 45.5 Å². The Balaban J connectivity index is 2.19. The van der Waals surface area contributed by atoms with Crippen molar-refractivity contribution >= 4 is 27.5 Å². The van der Waals surface area contributed by atoms with Crippen molar-refractivity contribution in [3.05, 3.63) is 52.4 Å². The van der Waals surface area contributed by atoms with E-state index >= 15 is 0 Å². The molecule has 0 unspecified atom stereocenters. The van der Waals surface area contributed by atoms with E-state index in [1.807, 2.05) is 31.2 Å². The number of carbonyl (C=O) groups excluding carboxylic acids is 1. The fourth-order valence-corrected chi connectivity index (χ4v) is 2.30. The van der Waals surface area contributed by atoms with Crippen LogP contribution in [0.5, 0.6) is 0 Å². The number of nitrogens with zero attached hydrogens (tertiary/aromatic N) is 1. The van der Waals surface area contributed by atoms with Crippen molar-refractivity contribution in [2.75, 3.05) is 12.3 Å². The Kier molecular flexibility index (Phi) is 4.84. The Labute approximate surface area is 126 Å². The number of benzene rings is 1. The predicted octanol–water partition coefficient (Wildman–Crippen LogP) is 3.68. The fourth-order valence-electron chi connectivity index (χ4n) is 1.99. The van der Waals surface area contributed by atoms with Crippen LogP contribution in [0.25, 0.3) is 0 Å². The Morgan fingerprint density at radius 3 is 2.65 bits per heavy atom. The summed E-state index contributed by atoms with van der Waals surface area (Å²) in [6.07, 6.45) is 0.875. The minimum atomic E-state index is -0.124.